The van der Waals surface area contributed by atoms with Crippen LogP contribution in [-0.4, -0.2) is 39.1 Å². The van der Waals surface area contributed by atoms with E-state index in [1.54, 1.807) is 0 Å². The number of rotatable bonds is 5. The molecule has 0 aromatic rings. The Balaban J connectivity index is 2.40. The highest BCUT2D eigenvalue weighted by atomic mass is 32.2. The van der Waals surface area contributed by atoms with Crippen LogP contribution < -0.4 is 11.1 Å². The number of nitrogens with one attached hydrogen (secondary N) is 1. The van der Waals surface area contributed by atoms with Crippen molar-refractivity contribution in [2.75, 3.05) is 18.6 Å². The van der Waals surface area contributed by atoms with Gasteiger partial charge in [-0.15, -0.1) is 0 Å². The van der Waals surface area contributed by atoms with Crippen LogP contribution >= 0.6 is 0 Å². The third-order valence-electron chi connectivity index (χ3n) is 3.01. The molecule has 90 valence electrons. The van der Waals surface area contributed by atoms with E-state index in [0.29, 0.717) is 18.5 Å². The molecule has 0 amide bonds. The highest BCUT2D eigenvalue weighted by molar-refractivity contribution is 7.90. The molecule has 0 heterocycles. The second-order valence-corrected chi connectivity index (χ2v) is 6.88. The van der Waals surface area contributed by atoms with Gasteiger partial charge in [0.15, 0.2) is 0 Å². The highest BCUT2D eigenvalue weighted by Gasteiger charge is 2.27. The van der Waals surface area contributed by atoms with E-state index >= 15 is 0 Å². The van der Waals surface area contributed by atoms with Gasteiger partial charge in [0.2, 0.25) is 0 Å². The summed E-state index contributed by atoms with van der Waals surface area (Å²) in [4.78, 5) is 0. The molecule has 3 N–H and O–H groups in total. The molecule has 0 saturated heterocycles. The van der Waals surface area contributed by atoms with Crippen LogP contribution in [0, 0.1) is 5.92 Å². The first-order valence-electron chi connectivity index (χ1n) is 5.56. The van der Waals surface area contributed by atoms with Crippen LogP contribution in [0.5, 0.6) is 0 Å². The third kappa shape index (κ3) is 4.49. The van der Waals surface area contributed by atoms with Crippen molar-refractivity contribution >= 4 is 9.84 Å². The lowest BCUT2D eigenvalue weighted by Gasteiger charge is -2.23. The molecule has 0 bridgehead atoms. The molecule has 1 aliphatic carbocycles. The Labute approximate surface area is 92.5 Å². The van der Waals surface area contributed by atoms with Gasteiger partial charge in [-0.05, 0) is 32.2 Å². The molecular weight excluding hydrogens is 212 g/mol. The predicted molar refractivity (Wildman–Crippen MR) is 62.5 cm³/mol. The van der Waals surface area contributed by atoms with E-state index in [9.17, 15) is 8.42 Å². The number of hydrogen-bond acceptors (Lipinski definition) is 4. The first-order chi connectivity index (χ1) is 6.92. The lowest BCUT2D eigenvalue weighted by atomic mass is 10.0. The van der Waals surface area contributed by atoms with E-state index < -0.39 is 9.84 Å². The summed E-state index contributed by atoms with van der Waals surface area (Å²) in [5, 5.41) is 3.38. The van der Waals surface area contributed by atoms with E-state index in [4.69, 9.17) is 5.73 Å². The lowest BCUT2D eigenvalue weighted by Crippen LogP contribution is -2.43. The van der Waals surface area contributed by atoms with Gasteiger partial charge in [-0.3, -0.25) is 0 Å². The van der Waals surface area contributed by atoms with Crippen molar-refractivity contribution in [2.24, 2.45) is 11.7 Å². The van der Waals surface area contributed by atoms with Crippen LogP contribution in [0.4, 0.5) is 0 Å². The van der Waals surface area contributed by atoms with E-state index in [1.807, 2.05) is 6.92 Å². The Morgan fingerprint density at radius 1 is 1.47 bits per heavy atom. The summed E-state index contributed by atoms with van der Waals surface area (Å²) in [5.74, 6) is 0.729. The maximum atomic E-state index is 11.1. The van der Waals surface area contributed by atoms with Crippen molar-refractivity contribution in [3.63, 3.8) is 0 Å². The van der Waals surface area contributed by atoms with Crippen molar-refractivity contribution in [2.45, 2.75) is 38.3 Å². The summed E-state index contributed by atoms with van der Waals surface area (Å²) in [6.45, 7) is 2.62. The summed E-state index contributed by atoms with van der Waals surface area (Å²) in [7, 11) is -2.88. The Hall–Kier alpha value is -0.130. The van der Waals surface area contributed by atoms with E-state index in [0.717, 1.165) is 6.42 Å². The second kappa shape index (κ2) is 5.27. The standard InChI is InChI=1S/C10H22N2O2S/c1-8(7-15(2,13)14)12-10-5-3-4-9(10)6-11/h8-10,12H,3-7,11H2,1-2H3. The molecular formula is C10H22N2O2S. The maximum absolute atomic E-state index is 11.1. The molecule has 1 rings (SSSR count). The molecule has 1 aliphatic rings. The topological polar surface area (TPSA) is 72.2 Å². The first-order valence-corrected chi connectivity index (χ1v) is 7.62. The van der Waals surface area contributed by atoms with Crippen LogP contribution in [-0.2, 0) is 9.84 Å². The van der Waals surface area contributed by atoms with Crippen molar-refractivity contribution < 1.29 is 8.42 Å². The minimum absolute atomic E-state index is 0.0251. The molecule has 0 aromatic heterocycles. The maximum Gasteiger partial charge on any atom is 0.148 e. The zero-order valence-electron chi connectivity index (χ0n) is 9.57. The molecule has 1 saturated carbocycles. The number of hydrogen-bond donors (Lipinski definition) is 2. The van der Waals surface area contributed by atoms with E-state index in [2.05, 4.69) is 5.32 Å². The van der Waals surface area contributed by atoms with Crippen molar-refractivity contribution in [1.82, 2.24) is 5.32 Å². The Morgan fingerprint density at radius 2 is 2.13 bits per heavy atom. The monoisotopic (exact) mass is 234 g/mol. The fourth-order valence-corrected chi connectivity index (χ4v) is 3.41. The minimum atomic E-state index is -2.88. The van der Waals surface area contributed by atoms with Gasteiger partial charge >= 0.3 is 0 Å². The molecule has 0 radical (unpaired) electrons. The Bertz CT molecular complexity index is 290. The molecule has 3 atom stereocenters. The number of sulfone groups is 1. The van der Waals surface area contributed by atoms with Gasteiger partial charge in [0.05, 0.1) is 5.75 Å². The van der Waals surface area contributed by atoms with Crippen LogP contribution in [0.2, 0.25) is 0 Å². The second-order valence-electron chi connectivity index (χ2n) is 4.69. The average Bonchev–Trinajstić information content (AvgIpc) is 2.48. The lowest BCUT2D eigenvalue weighted by molar-refractivity contribution is 0.380. The predicted octanol–water partition coefficient (Wildman–Crippen LogP) is 0.137. The Kier molecular flexibility index (Phi) is 4.55. The van der Waals surface area contributed by atoms with Crippen LogP contribution in [0.25, 0.3) is 0 Å². The molecule has 5 heteroatoms. The smallest absolute Gasteiger partial charge is 0.148 e. The largest absolute Gasteiger partial charge is 0.330 e. The van der Waals surface area contributed by atoms with Gasteiger partial charge in [-0.25, -0.2) is 8.42 Å². The molecule has 15 heavy (non-hydrogen) atoms. The fraction of sp³-hybridized carbons (Fsp3) is 1.00. The highest BCUT2D eigenvalue weighted by Crippen LogP contribution is 2.24. The Morgan fingerprint density at radius 3 is 2.67 bits per heavy atom. The molecule has 0 aromatic carbocycles. The summed E-state index contributed by atoms with van der Waals surface area (Å²) < 4.78 is 22.2. The van der Waals surface area contributed by atoms with Gasteiger partial charge in [0.25, 0.3) is 0 Å². The van der Waals surface area contributed by atoms with Gasteiger partial charge in [-0.1, -0.05) is 6.42 Å². The van der Waals surface area contributed by atoms with Crippen LogP contribution in [0.15, 0.2) is 0 Å². The van der Waals surface area contributed by atoms with Crippen LogP contribution in [0.1, 0.15) is 26.2 Å². The SMILES string of the molecule is CC(CS(C)(=O)=O)NC1CCCC1CN. The summed E-state index contributed by atoms with van der Waals surface area (Å²) >= 11 is 0. The quantitative estimate of drug-likeness (QED) is 0.709. The average molecular weight is 234 g/mol. The van der Waals surface area contributed by atoms with E-state index in [-0.39, 0.29) is 11.8 Å². The zero-order valence-corrected chi connectivity index (χ0v) is 10.4. The van der Waals surface area contributed by atoms with Crippen LogP contribution in [0.3, 0.4) is 0 Å². The van der Waals surface area contributed by atoms with Crippen molar-refractivity contribution in [1.29, 1.82) is 0 Å². The normalized spacial score (nSPS) is 29.3. The van der Waals surface area contributed by atoms with E-state index in [1.165, 1.54) is 19.1 Å². The third-order valence-corrected chi connectivity index (χ3v) is 4.12. The van der Waals surface area contributed by atoms with Crippen molar-refractivity contribution in [3.8, 4) is 0 Å². The molecule has 1 fully saturated rings. The minimum Gasteiger partial charge on any atom is -0.330 e. The molecule has 4 nitrogen and oxygen atoms in total. The van der Waals surface area contributed by atoms with Gasteiger partial charge in [0, 0.05) is 18.3 Å². The molecule has 3 unspecified atom stereocenters. The summed E-state index contributed by atoms with van der Waals surface area (Å²) in [6, 6.07) is 0.434. The fourth-order valence-electron chi connectivity index (χ4n) is 2.41. The summed E-state index contributed by atoms with van der Waals surface area (Å²) in [5.41, 5.74) is 5.67. The summed E-state index contributed by atoms with van der Waals surface area (Å²) in [6.07, 6.45) is 4.76. The van der Waals surface area contributed by atoms with Gasteiger partial charge < -0.3 is 11.1 Å². The first kappa shape index (κ1) is 12.9. The van der Waals surface area contributed by atoms with Gasteiger partial charge in [0.1, 0.15) is 9.84 Å². The number of nitrogens with two attached hydrogens (primary N) is 1. The molecule has 0 aliphatic heterocycles. The van der Waals surface area contributed by atoms with Gasteiger partial charge in [-0.2, -0.15) is 0 Å². The molecule has 0 spiro atoms. The zero-order chi connectivity index (χ0) is 11.5. The van der Waals surface area contributed by atoms with Crippen molar-refractivity contribution in [3.05, 3.63) is 0 Å².